The Morgan fingerprint density at radius 1 is 1.00 bits per heavy atom. The summed E-state index contributed by atoms with van der Waals surface area (Å²) in [6.45, 7) is 0. The molecule has 0 aromatic carbocycles. The van der Waals surface area contributed by atoms with Gasteiger partial charge in [0.25, 0.3) is 0 Å². The van der Waals surface area contributed by atoms with Gasteiger partial charge in [-0.05, 0) is 49.9 Å². The Morgan fingerprint density at radius 3 is 2.00 bits per heavy atom. The van der Waals surface area contributed by atoms with Crippen LogP contribution in [0.15, 0.2) is 0 Å². The summed E-state index contributed by atoms with van der Waals surface area (Å²) >= 11 is 3.91. The second-order valence-electron chi connectivity index (χ2n) is 4.62. The highest BCUT2D eigenvalue weighted by atomic mass is 79.9. The fourth-order valence-electron chi connectivity index (χ4n) is 3.71. The van der Waals surface area contributed by atoms with Gasteiger partial charge in [0.15, 0.2) is 0 Å². The number of rotatable bonds is 0. The van der Waals surface area contributed by atoms with Gasteiger partial charge in [0.2, 0.25) is 0 Å². The summed E-state index contributed by atoms with van der Waals surface area (Å²) in [6.07, 6.45) is 7.61. The Balaban J connectivity index is 2.01. The molecule has 0 heterocycles. The van der Waals surface area contributed by atoms with Crippen molar-refractivity contribution < 1.29 is 0 Å². The molecule has 0 aliphatic heterocycles. The topological polar surface area (TPSA) is 0 Å². The summed E-state index contributed by atoms with van der Waals surface area (Å²) in [5.41, 5.74) is 0. The molecule has 10 heavy (non-hydrogen) atoms. The van der Waals surface area contributed by atoms with Crippen LogP contribution in [0.1, 0.15) is 32.1 Å². The van der Waals surface area contributed by atoms with Gasteiger partial charge in [0, 0.05) is 4.32 Å². The molecule has 2 unspecified atom stereocenters. The molecule has 0 aromatic heterocycles. The van der Waals surface area contributed by atoms with Gasteiger partial charge in [0.05, 0.1) is 0 Å². The number of halogens is 1. The second kappa shape index (κ2) is 1.63. The molecule has 2 atom stereocenters. The van der Waals surface area contributed by atoms with E-state index in [1.165, 1.54) is 19.3 Å². The molecule has 0 spiro atoms. The zero-order chi connectivity index (χ0) is 6.77. The van der Waals surface area contributed by atoms with Crippen molar-refractivity contribution >= 4 is 15.9 Å². The minimum absolute atomic E-state index is 0.628. The number of alkyl halides is 1. The first kappa shape index (κ1) is 6.05. The van der Waals surface area contributed by atoms with Crippen molar-refractivity contribution in [3.8, 4) is 0 Å². The Kier molecular flexibility index (Phi) is 0.983. The smallest absolute Gasteiger partial charge is 0.0266 e. The lowest BCUT2D eigenvalue weighted by atomic mass is 9.82. The van der Waals surface area contributed by atoms with Crippen molar-refractivity contribution in [3.63, 3.8) is 0 Å². The maximum atomic E-state index is 3.91. The standard InChI is InChI=1S/C9H13Br/c10-9-3-6-1-7(4-9)8(2-6)5-9/h6-8H,1-5H2. The van der Waals surface area contributed by atoms with Gasteiger partial charge >= 0.3 is 0 Å². The van der Waals surface area contributed by atoms with Crippen molar-refractivity contribution in [3.05, 3.63) is 0 Å². The highest BCUT2D eigenvalue weighted by Crippen LogP contribution is 2.63. The van der Waals surface area contributed by atoms with Crippen LogP contribution in [0, 0.1) is 17.8 Å². The molecule has 4 saturated carbocycles. The average molecular weight is 201 g/mol. The molecule has 0 saturated heterocycles. The molecule has 0 amide bonds. The lowest BCUT2D eigenvalue weighted by molar-refractivity contribution is 0.314. The number of hydrogen-bond acceptors (Lipinski definition) is 0. The Labute approximate surface area is 70.5 Å². The second-order valence-corrected chi connectivity index (χ2v) is 6.30. The van der Waals surface area contributed by atoms with Crippen LogP contribution in [0.5, 0.6) is 0 Å². The summed E-state index contributed by atoms with van der Waals surface area (Å²) in [5.74, 6) is 3.35. The summed E-state index contributed by atoms with van der Waals surface area (Å²) in [4.78, 5) is 0. The van der Waals surface area contributed by atoms with Crippen LogP contribution in [-0.2, 0) is 0 Å². The molecule has 4 fully saturated rings. The number of hydrogen-bond donors (Lipinski definition) is 0. The average Bonchev–Trinajstić information content (AvgIpc) is 2.16. The van der Waals surface area contributed by atoms with Gasteiger partial charge in [0.1, 0.15) is 0 Å². The maximum Gasteiger partial charge on any atom is 0.0266 e. The molecule has 0 aromatic rings. The van der Waals surface area contributed by atoms with E-state index in [1.54, 1.807) is 12.8 Å². The molecule has 4 bridgehead atoms. The van der Waals surface area contributed by atoms with Gasteiger partial charge in [-0.2, -0.15) is 0 Å². The monoisotopic (exact) mass is 200 g/mol. The van der Waals surface area contributed by atoms with E-state index in [0.717, 1.165) is 17.8 Å². The van der Waals surface area contributed by atoms with Gasteiger partial charge in [-0.3, -0.25) is 0 Å². The van der Waals surface area contributed by atoms with Crippen LogP contribution in [0.25, 0.3) is 0 Å². The van der Waals surface area contributed by atoms with E-state index >= 15 is 0 Å². The third-order valence-electron chi connectivity index (χ3n) is 3.85. The van der Waals surface area contributed by atoms with Crippen molar-refractivity contribution in [1.29, 1.82) is 0 Å². The fourth-order valence-corrected chi connectivity index (χ4v) is 5.00. The minimum atomic E-state index is 0.628. The van der Waals surface area contributed by atoms with Crippen LogP contribution in [0.3, 0.4) is 0 Å². The Hall–Kier alpha value is 0.480. The molecule has 0 radical (unpaired) electrons. The minimum Gasteiger partial charge on any atom is -0.0853 e. The van der Waals surface area contributed by atoms with E-state index in [4.69, 9.17) is 0 Å². The van der Waals surface area contributed by atoms with E-state index in [2.05, 4.69) is 15.9 Å². The van der Waals surface area contributed by atoms with E-state index in [0.29, 0.717) is 4.32 Å². The van der Waals surface area contributed by atoms with Crippen molar-refractivity contribution in [1.82, 2.24) is 0 Å². The summed E-state index contributed by atoms with van der Waals surface area (Å²) in [7, 11) is 0. The van der Waals surface area contributed by atoms with E-state index in [1.807, 2.05) is 0 Å². The zero-order valence-corrected chi connectivity index (χ0v) is 7.73. The first-order chi connectivity index (χ1) is 4.75. The van der Waals surface area contributed by atoms with Crippen LogP contribution in [0.2, 0.25) is 0 Å². The molecule has 0 N–H and O–H groups in total. The van der Waals surface area contributed by atoms with Crippen LogP contribution in [-0.4, -0.2) is 4.32 Å². The predicted molar refractivity (Wildman–Crippen MR) is 45.2 cm³/mol. The van der Waals surface area contributed by atoms with Crippen LogP contribution >= 0.6 is 15.9 Å². The van der Waals surface area contributed by atoms with Gasteiger partial charge in [-0.1, -0.05) is 15.9 Å². The Morgan fingerprint density at radius 2 is 1.60 bits per heavy atom. The first-order valence-electron chi connectivity index (χ1n) is 4.44. The highest BCUT2D eigenvalue weighted by Gasteiger charge is 2.54. The molecule has 56 valence electrons. The quantitative estimate of drug-likeness (QED) is 0.528. The van der Waals surface area contributed by atoms with Gasteiger partial charge < -0.3 is 0 Å². The van der Waals surface area contributed by atoms with E-state index in [-0.39, 0.29) is 0 Å². The normalized spacial score (nSPS) is 63.9. The predicted octanol–water partition coefficient (Wildman–Crippen LogP) is 2.96. The maximum absolute atomic E-state index is 3.91. The SMILES string of the molecule is BrC12CC3CC(C1)C(C3)C2. The van der Waals surface area contributed by atoms with Crippen molar-refractivity contribution in [2.75, 3.05) is 0 Å². The fraction of sp³-hybridized carbons (Fsp3) is 1.00. The lowest BCUT2D eigenvalue weighted by Gasteiger charge is -2.32. The van der Waals surface area contributed by atoms with Crippen molar-refractivity contribution in [2.45, 2.75) is 36.4 Å². The van der Waals surface area contributed by atoms with E-state index < -0.39 is 0 Å². The van der Waals surface area contributed by atoms with Gasteiger partial charge in [-0.25, -0.2) is 0 Å². The first-order valence-corrected chi connectivity index (χ1v) is 5.23. The van der Waals surface area contributed by atoms with Crippen LogP contribution in [0.4, 0.5) is 0 Å². The molecule has 0 nitrogen and oxygen atoms in total. The largest absolute Gasteiger partial charge is 0.0853 e. The lowest BCUT2D eigenvalue weighted by Crippen LogP contribution is -2.26. The Bertz CT molecular complexity index is 156. The van der Waals surface area contributed by atoms with Crippen LogP contribution < -0.4 is 0 Å². The summed E-state index contributed by atoms with van der Waals surface area (Å²) in [5, 5.41) is 0. The third-order valence-corrected chi connectivity index (χ3v) is 4.82. The van der Waals surface area contributed by atoms with E-state index in [9.17, 15) is 0 Å². The summed E-state index contributed by atoms with van der Waals surface area (Å²) in [6, 6.07) is 0. The third kappa shape index (κ3) is 0.628. The molecule has 4 aliphatic rings. The molecular formula is C9H13Br. The van der Waals surface area contributed by atoms with Crippen molar-refractivity contribution in [2.24, 2.45) is 17.8 Å². The highest BCUT2D eigenvalue weighted by molar-refractivity contribution is 9.10. The van der Waals surface area contributed by atoms with Gasteiger partial charge in [-0.15, -0.1) is 0 Å². The molecular weight excluding hydrogens is 188 g/mol. The molecule has 4 rings (SSSR count). The molecule has 1 heteroatoms. The summed E-state index contributed by atoms with van der Waals surface area (Å²) < 4.78 is 0.628. The zero-order valence-electron chi connectivity index (χ0n) is 6.15. The molecule has 4 aliphatic carbocycles.